The number of benzene rings is 3. The Morgan fingerprint density at radius 1 is 0.786 bits per heavy atom. The van der Waals surface area contributed by atoms with Crippen LogP contribution in [-0.4, -0.2) is 5.54 Å². The molecule has 1 N–H and O–H groups in total. The molecule has 1 heteroatoms. The molecule has 3 aromatic rings. The Bertz CT molecular complexity index is 1080. The fourth-order valence-corrected chi connectivity index (χ4v) is 4.30. The molecule has 4 rings (SSSR count). The van der Waals surface area contributed by atoms with Crippen molar-refractivity contribution in [2.75, 3.05) is 5.32 Å². The normalized spacial score (nSPS) is 17.8. The largest absolute Gasteiger partial charge is 0.379 e. The van der Waals surface area contributed by atoms with E-state index in [0.717, 1.165) is 6.42 Å². The fraction of sp³-hybridized carbons (Fsp3) is 0.333. The van der Waals surface area contributed by atoms with E-state index in [1.165, 1.54) is 32.8 Å². The summed E-state index contributed by atoms with van der Waals surface area (Å²) in [6.45, 7) is 11.5. The zero-order valence-electron chi connectivity index (χ0n) is 17.7. The Balaban J connectivity index is 1.65. The first kappa shape index (κ1) is 18.8. The molecule has 144 valence electrons. The Morgan fingerprint density at radius 3 is 2.25 bits per heavy atom. The standard InChI is InChI=1S/C27H31N/c1-26(2,3)20-14-16-21(17-15-20)27(4,5)28-25-12-8-11-23-22-10-7-6-9-19(22)13-18-24(23)25/h6-16,18,21,28H,17H2,1-5H3. The summed E-state index contributed by atoms with van der Waals surface area (Å²) in [4.78, 5) is 0. The highest BCUT2D eigenvalue weighted by molar-refractivity contribution is 6.11. The molecule has 1 nitrogen and oxygen atoms in total. The van der Waals surface area contributed by atoms with Crippen LogP contribution in [0.25, 0.3) is 21.5 Å². The number of rotatable bonds is 3. The first-order chi connectivity index (χ1) is 13.3. The van der Waals surface area contributed by atoms with Gasteiger partial charge in [0.25, 0.3) is 0 Å². The van der Waals surface area contributed by atoms with Crippen molar-refractivity contribution in [1.29, 1.82) is 0 Å². The smallest absolute Gasteiger partial charge is 0.0424 e. The van der Waals surface area contributed by atoms with Crippen LogP contribution in [-0.2, 0) is 0 Å². The molecule has 0 spiro atoms. The van der Waals surface area contributed by atoms with E-state index in [4.69, 9.17) is 0 Å². The highest BCUT2D eigenvalue weighted by Gasteiger charge is 2.30. The lowest BCUT2D eigenvalue weighted by Crippen LogP contribution is -2.39. The summed E-state index contributed by atoms with van der Waals surface area (Å²) in [6, 6.07) is 19.7. The summed E-state index contributed by atoms with van der Waals surface area (Å²) in [5, 5.41) is 9.08. The molecule has 0 amide bonds. The van der Waals surface area contributed by atoms with E-state index in [0.29, 0.717) is 5.92 Å². The van der Waals surface area contributed by atoms with Gasteiger partial charge in [0.2, 0.25) is 0 Å². The van der Waals surface area contributed by atoms with Crippen molar-refractivity contribution in [1.82, 2.24) is 0 Å². The van der Waals surface area contributed by atoms with E-state index < -0.39 is 0 Å². The van der Waals surface area contributed by atoms with Gasteiger partial charge in [0.1, 0.15) is 0 Å². The lowest BCUT2D eigenvalue weighted by Gasteiger charge is -2.37. The van der Waals surface area contributed by atoms with Crippen molar-refractivity contribution in [3.05, 3.63) is 78.4 Å². The van der Waals surface area contributed by atoms with Crippen molar-refractivity contribution in [3.63, 3.8) is 0 Å². The SMILES string of the molecule is CC(C)(C)C1=CCC(C(C)(C)Nc2cccc3c2ccc2ccccc23)C=C1. The predicted octanol–water partition coefficient (Wildman–Crippen LogP) is 7.73. The lowest BCUT2D eigenvalue weighted by molar-refractivity contribution is 0.409. The molecule has 3 aromatic carbocycles. The summed E-state index contributed by atoms with van der Waals surface area (Å²) >= 11 is 0. The van der Waals surface area contributed by atoms with Crippen LogP contribution in [0.3, 0.4) is 0 Å². The van der Waals surface area contributed by atoms with Crippen LogP contribution >= 0.6 is 0 Å². The second-order valence-electron chi connectivity index (χ2n) is 9.64. The molecular weight excluding hydrogens is 338 g/mol. The van der Waals surface area contributed by atoms with Crippen LogP contribution in [0, 0.1) is 11.3 Å². The maximum Gasteiger partial charge on any atom is 0.0424 e. The molecule has 0 aliphatic heterocycles. The number of allylic oxidation sites excluding steroid dienone is 3. The summed E-state index contributed by atoms with van der Waals surface area (Å²) in [5.41, 5.74) is 2.84. The lowest BCUT2D eigenvalue weighted by atomic mass is 9.76. The zero-order chi connectivity index (χ0) is 19.9. The molecular formula is C27H31N. The van der Waals surface area contributed by atoms with Gasteiger partial charge in [-0.05, 0) is 53.5 Å². The minimum absolute atomic E-state index is 0.0314. The zero-order valence-corrected chi connectivity index (χ0v) is 17.7. The van der Waals surface area contributed by atoms with Crippen LogP contribution in [0.1, 0.15) is 41.0 Å². The fourth-order valence-electron chi connectivity index (χ4n) is 4.30. The van der Waals surface area contributed by atoms with Gasteiger partial charge in [0.15, 0.2) is 0 Å². The minimum atomic E-state index is -0.0314. The van der Waals surface area contributed by atoms with E-state index in [2.05, 4.69) is 113 Å². The third-order valence-electron chi connectivity index (χ3n) is 6.14. The van der Waals surface area contributed by atoms with Gasteiger partial charge in [-0.2, -0.15) is 0 Å². The molecule has 0 saturated heterocycles. The van der Waals surface area contributed by atoms with Crippen LogP contribution < -0.4 is 5.32 Å². The van der Waals surface area contributed by atoms with E-state index >= 15 is 0 Å². The number of fused-ring (bicyclic) bond motifs is 3. The van der Waals surface area contributed by atoms with E-state index in [-0.39, 0.29) is 11.0 Å². The molecule has 1 aliphatic rings. The van der Waals surface area contributed by atoms with Gasteiger partial charge in [-0.15, -0.1) is 0 Å². The van der Waals surface area contributed by atoms with Crippen LogP contribution in [0.15, 0.2) is 78.4 Å². The average Bonchev–Trinajstić information content (AvgIpc) is 2.67. The molecule has 0 heterocycles. The van der Waals surface area contributed by atoms with Crippen molar-refractivity contribution in [2.24, 2.45) is 11.3 Å². The molecule has 1 unspecified atom stereocenters. The quantitative estimate of drug-likeness (QED) is 0.466. The topological polar surface area (TPSA) is 12.0 Å². The van der Waals surface area contributed by atoms with E-state index in [9.17, 15) is 0 Å². The second-order valence-corrected chi connectivity index (χ2v) is 9.64. The van der Waals surface area contributed by atoms with Gasteiger partial charge in [-0.1, -0.05) is 87.5 Å². The number of nitrogens with one attached hydrogen (secondary N) is 1. The molecule has 0 aromatic heterocycles. The van der Waals surface area contributed by atoms with Gasteiger partial charge in [0.05, 0.1) is 0 Å². The first-order valence-corrected chi connectivity index (χ1v) is 10.3. The molecule has 0 bridgehead atoms. The molecule has 28 heavy (non-hydrogen) atoms. The highest BCUT2D eigenvalue weighted by Crippen LogP contribution is 2.37. The van der Waals surface area contributed by atoms with Crippen LogP contribution in [0.5, 0.6) is 0 Å². The van der Waals surface area contributed by atoms with E-state index in [1.54, 1.807) is 0 Å². The van der Waals surface area contributed by atoms with Gasteiger partial charge < -0.3 is 5.32 Å². The van der Waals surface area contributed by atoms with Crippen molar-refractivity contribution in [2.45, 2.75) is 46.6 Å². The first-order valence-electron chi connectivity index (χ1n) is 10.3. The van der Waals surface area contributed by atoms with Crippen molar-refractivity contribution >= 4 is 27.2 Å². The summed E-state index contributed by atoms with van der Waals surface area (Å²) in [6.07, 6.45) is 8.23. The van der Waals surface area contributed by atoms with Crippen LogP contribution in [0.4, 0.5) is 5.69 Å². The molecule has 1 atom stereocenters. The van der Waals surface area contributed by atoms with E-state index in [1.807, 2.05) is 0 Å². The predicted molar refractivity (Wildman–Crippen MR) is 124 cm³/mol. The van der Waals surface area contributed by atoms with Gasteiger partial charge >= 0.3 is 0 Å². The van der Waals surface area contributed by atoms with Gasteiger partial charge in [-0.3, -0.25) is 0 Å². The van der Waals surface area contributed by atoms with Crippen molar-refractivity contribution < 1.29 is 0 Å². The Morgan fingerprint density at radius 2 is 1.54 bits per heavy atom. The van der Waals surface area contributed by atoms with Gasteiger partial charge in [-0.25, -0.2) is 0 Å². The molecule has 0 fully saturated rings. The minimum Gasteiger partial charge on any atom is -0.379 e. The number of anilines is 1. The second kappa shape index (κ2) is 6.81. The monoisotopic (exact) mass is 369 g/mol. The third-order valence-corrected chi connectivity index (χ3v) is 6.14. The van der Waals surface area contributed by atoms with Crippen LogP contribution in [0.2, 0.25) is 0 Å². The maximum atomic E-state index is 3.87. The highest BCUT2D eigenvalue weighted by atomic mass is 15.0. The Kier molecular flexibility index (Phi) is 4.57. The third kappa shape index (κ3) is 3.46. The average molecular weight is 370 g/mol. The molecule has 0 radical (unpaired) electrons. The summed E-state index contributed by atoms with van der Waals surface area (Å²) in [7, 11) is 0. The maximum absolute atomic E-state index is 3.87. The number of hydrogen-bond acceptors (Lipinski definition) is 1. The number of hydrogen-bond donors (Lipinski definition) is 1. The summed E-state index contributed by atoms with van der Waals surface area (Å²) in [5.74, 6) is 0.467. The Labute approximate surface area is 169 Å². The Hall–Kier alpha value is -2.54. The summed E-state index contributed by atoms with van der Waals surface area (Å²) < 4.78 is 0. The van der Waals surface area contributed by atoms with Crippen molar-refractivity contribution in [3.8, 4) is 0 Å². The molecule has 0 saturated carbocycles. The van der Waals surface area contributed by atoms with Gasteiger partial charge in [0, 0.05) is 22.5 Å². The molecule has 1 aliphatic carbocycles.